The number of nitro groups is 1. The largest absolute Gasteiger partial charge is 0.618 e. The minimum absolute atomic E-state index is 0.0566. The lowest BCUT2D eigenvalue weighted by atomic mass is 10.2. The normalized spacial score (nSPS) is 14.3. The highest BCUT2D eigenvalue weighted by Gasteiger charge is 2.12. The molecule has 0 atom stereocenters. The molecule has 0 fully saturated rings. The third-order valence-corrected chi connectivity index (χ3v) is 3.30. The molecule has 1 aliphatic rings. The van der Waals surface area contributed by atoms with Crippen molar-refractivity contribution < 1.29 is 14.4 Å². The Morgan fingerprint density at radius 1 is 1.09 bits per heavy atom. The van der Waals surface area contributed by atoms with Crippen molar-refractivity contribution in [1.82, 2.24) is 0 Å². The average molecular weight is 311 g/mol. The zero-order chi connectivity index (χ0) is 16.2. The minimum atomic E-state index is -0.496. The predicted octanol–water partition coefficient (Wildman–Crippen LogP) is 2.63. The lowest BCUT2D eigenvalue weighted by Gasteiger charge is -2.05. The van der Waals surface area contributed by atoms with Gasteiger partial charge in [-0.2, -0.15) is 4.74 Å². The Morgan fingerprint density at radius 2 is 1.87 bits per heavy atom. The fourth-order valence-corrected chi connectivity index (χ4v) is 2.19. The van der Waals surface area contributed by atoms with Crippen LogP contribution in [0, 0.1) is 15.3 Å². The summed E-state index contributed by atoms with van der Waals surface area (Å²) >= 11 is 0. The first-order valence-electron chi connectivity index (χ1n) is 6.97. The predicted molar refractivity (Wildman–Crippen MR) is 85.3 cm³/mol. The van der Waals surface area contributed by atoms with E-state index < -0.39 is 4.92 Å². The molecule has 0 amide bonds. The number of non-ortho nitro benzene ring substituents is 1. The van der Waals surface area contributed by atoms with Crippen LogP contribution in [-0.4, -0.2) is 34.9 Å². The summed E-state index contributed by atoms with van der Waals surface area (Å²) in [4.78, 5) is 14.5. The van der Waals surface area contributed by atoms with Gasteiger partial charge in [-0.1, -0.05) is 6.07 Å². The molecule has 0 saturated heterocycles. The second kappa shape index (κ2) is 6.27. The minimum Gasteiger partial charge on any atom is -0.618 e. The van der Waals surface area contributed by atoms with E-state index in [9.17, 15) is 15.3 Å². The first-order chi connectivity index (χ1) is 11.1. The molecule has 2 aromatic rings. The molecule has 0 spiro atoms. The highest BCUT2D eigenvalue weighted by molar-refractivity contribution is 5.95. The van der Waals surface area contributed by atoms with E-state index in [1.165, 1.54) is 24.4 Å². The van der Waals surface area contributed by atoms with E-state index in [-0.39, 0.29) is 5.69 Å². The zero-order valence-corrected chi connectivity index (χ0v) is 12.1. The maximum atomic E-state index is 12.2. The molecule has 0 radical (unpaired) electrons. The second-order valence-corrected chi connectivity index (χ2v) is 4.89. The van der Waals surface area contributed by atoms with E-state index in [1.807, 2.05) is 0 Å². The first kappa shape index (κ1) is 14.7. The van der Waals surface area contributed by atoms with Gasteiger partial charge in [0.1, 0.15) is 6.61 Å². The molecule has 7 nitrogen and oxygen atoms in total. The Bertz CT molecular complexity index is 797. The number of benzene rings is 2. The van der Waals surface area contributed by atoms with Crippen LogP contribution in [0.3, 0.4) is 0 Å². The van der Waals surface area contributed by atoms with Gasteiger partial charge in [-0.3, -0.25) is 10.1 Å². The molecule has 116 valence electrons. The summed E-state index contributed by atoms with van der Waals surface area (Å²) in [6.07, 6.45) is 1.30. The van der Waals surface area contributed by atoms with Gasteiger partial charge >= 0.3 is 0 Å². The van der Waals surface area contributed by atoms with Gasteiger partial charge in [0.2, 0.25) is 11.6 Å². The smallest absolute Gasteiger partial charge is 0.270 e. The zero-order valence-electron chi connectivity index (χ0n) is 12.1. The summed E-state index contributed by atoms with van der Waals surface area (Å²) in [6, 6.07) is 12.7. The van der Waals surface area contributed by atoms with Crippen LogP contribution in [0.25, 0.3) is 0 Å². The molecule has 3 rings (SSSR count). The topological polar surface area (TPSA) is 90.8 Å². The maximum Gasteiger partial charge on any atom is 0.270 e. The van der Waals surface area contributed by atoms with Gasteiger partial charge in [-0.15, -0.1) is 0 Å². The molecule has 0 aliphatic carbocycles. The summed E-state index contributed by atoms with van der Waals surface area (Å²) in [5.41, 5.74) is 1.63. The molecular weight excluding hydrogens is 298 g/mol. The molecule has 0 bridgehead atoms. The first-order valence-corrected chi connectivity index (χ1v) is 6.97. The molecule has 0 saturated carbocycles. The van der Waals surface area contributed by atoms with E-state index >= 15 is 0 Å². The Kier molecular flexibility index (Phi) is 4.01. The van der Waals surface area contributed by atoms with Gasteiger partial charge in [-0.05, 0) is 18.2 Å². The lowest BCUT2D eigenvalue weighted by molar-refractivity contribution is -0.385. The van der Waals surface area contributed by atoms with Crippen LogP contribution in [0.4, 0.5) is 11.4 Å². The molecule has 1 aliphatic heterocycles. The van der Waals surface area contributed by atoms with Gasteiger partial charge in [0.15, 0.2) is 6.21 Å². The molecule has 1 heterocycles. The standard InChI is InChI=1S/C16H13N3O4/c20-18(11-12-2-1-3-15(10-12)19(21)22)14-6-4-13(5-7-14)16-17-8-9-23-16/h1-7,10-11H,8-9H2/b18-11-. The monoisotopic (exact) mass is 311 g/mol. The molecule has 23 heavy (non-hydrogen) atoms. The summed E-state index contributed by atoms with van der Waals surface area (Å²) < 4.78 is 6.02. The van der Waals surface area contributed by atoms with Crippen molar-refractivity contribution in [2.45, 2.75) is 0 Å². The van der Waals surface area contributed by atoms with E-state index in [0.29, 0.717) is 35.0 Å². The van der Waals surface area contributed by atoms with Gasteiger partial charge in [0.25, 0.3) is 5.69 Å². The number of nitrogens with zero attached hydrogens (tertiary/aromatic N) is 3. The summed E-state index contributed by atoms with van der Waals surface area (Å²) in [7, 11) is 0. The van der Waals surface area contributed by atoms with Gasteiger partial charge in [0, 0.05) is 35.4 Å². The molecular formula is C16H13N3O4. The van der Waals surface area contributed by atoms with Crippen LogP contribution in [0.5, 0.6) is 0 Å². The number of hydrogen-bond acceptors (Lipinski definition) is 5. The van der Waals surface area contributed by atoms with Crippen LogP contribution < -0.4 is 0 Å². The van der Waals surface area contributed by atoms with Crippen molar-refractivity contribution in [1.29, 1.82) is 0 Å². The Morgan fingerprint density at radius 3 is 2.52 bits per heavy atom. The van der Waals surface area contributed by atoms with E-state index in [2.05, 4.69) is 4.99 Å². The number of ether oxygens (including phenoxy) is 1. The molecule has 0 N–H and O–H groups in total. The van der Waals surface area contributed by atoms with Crippen molar-refractivity contribution in [3.05, 3.63) is 75.0 Å². The highest BCUT2D eigenvalue weighted by atomic mass is 16.6. The third-order valence-electron chi connectivity index (χ3n) is 3.30. The third kappa shape index (κ3) is 3.34. The maximum absolute atomic E-state index is 12.2. The van der Waals surface area contributed by atoms with Crippen molar-refractivity contribution in [2.24, 2.45) is 4.99 Å². The fraction of sp³-hybridized carbons (Fsp3) is 0.125. The van der Waals surface area contributed by atoms with Gasteiger partial charge < -0.3 is 9.94 Å². The molecule has 7 heteroatoms. The quantitative estimate of drug-likeness (QED) is 0.285. The Labute approximate surface area is 131 Å². The summed E-state index contributed by atoms with van der Waals surface area (Å²) in [5, 5.41) is 22.9. The lowest BCUT2D eigenvalue weighted by Crippen LogP contribution is -2.02. The van der Waals surface area contributed by atoms with Crippen LogP contribution in [0.15, 0.2) is 53.5 Å². The number of rotatable bonds is 4. The van der Waals surface area contributed by atoms with E-state index in [4.69, 9.17) is 4.74 Å². The van der Waals surface area contributed by atoms with E-state index in [1.54, 1.807) is 30.3 Å². The van der Waals surface area contributed by atoms with Crippen LogP contribution >= 0.6 is 0 Å². The van der Waals surface area contributed by atoms with Gasteiger partial charge in [-0.25, -0.2) is 4.99 Å². The summed E-state index contributed by atoms with van der Waals surface area (Å²) in [5.74, 6) is 0.580. The van der Waals surface area contributed by atoms with Gasteiger partial charge in [0.05, 0.1) is 11.5 Å². The molecule has 2 aromatic carbocycles. The Balaban J connectivity index is 1.83. The second-order valence-electron chi connectivity index (χ2n) is 4.89. The molecule has 0 unspecified atom stereocenters. The summed E-state index contributed by atoms with van der Waals surface area (Å²) in [6.45, 7) is 1.22. The highest BCUT2D eigenvalue weighted by Crippen LogP contribution is 2.16. The van der Waals surface area contributed by atoms with Crippen molar-refractivity contribution in [3.8, 4) is 0 Å². The SMILES string of the molecule is O=[N+]([O-])c1cccc(/C=[N+](\[O-])c2ccc(C3=NCCO3)cc2)c1. The van der Waals surface area contributed by atoms with Crippen LogP contribution in [-0.2, 0) is 4.74 Å². The van der Waals surface area contributed by atoms with Crippen LogP contribution in [0.1, 0.15) is 11.1 Å². The molecule has 0 aromatic heterocycles. The number of nitro benzene ring substituents is 1. The number of hydrogen-bond donors (Lipinski definition) is 0. The fourth-order valence-electron chi connectivity index (χ4n) is 2.19. The van der Waals surface area contributed by atoms with Crippen molar-refractivity contribution in [2.75, 3.05) is 13.2 Å². The van der Waals surface area contributed by atoms with Crippen molar-refractivity contribution in [3.63, 3.8) is 0 Å². The van der Waals surface area contributed by atoms with Crippen molar-refractivity contribution >= 4 is 23.5 Å². The number of aliphatic imine (C=N–C) groups is 1. The van der Waals surface area contributed by atoms with Crippen LogP contribution in [0.2, 0.25) is 0 Å². The van der Waals surface area contributed by atoms with E-state index in [0.717, 1.165) is 5.56 Å². The Hall–Kier alpha value is -3.22. The average Bonchev–Trinajstić information content (AvgIpc) is 3.09.